The third-order valence-electron chi connectivity index (χ3n) is 4.72. The first-order valence-electron chi connectivity index (χ1n) is 8.74. The van der Waals surface area contributed by atoms with E-state index >= 15 is 0 Å². The molecule has 138 valence electrons. The third-order valence-corrected chi connectivity index (χ3v) is 4.72. The molecule has 0 aliphatic carbocycles. The van der Waals surface area contributed by atoms with Gasteiger partial charge in [-0.2, -0.15) is 0 Å². The lowest BCUT2D eigenvalue weighted by Crippen LogP contribution is -2.34. The third kappa shape index (κ3) is 3.97. The Morgan fingerprint density at radius 3 is 2.44 bits per heavy atom. The number of benzene rings is 2. The van der Waals surface area contributed by atoms with Gasteiger partial charge in [0.1, 0.15) is 5.82 Å². The first-order valence-corrected chi connectivity index (χ1v) is 8.74. The number of carbonyl (C=O) groups excluding carboxylic acids is 2. The molecule has 2 amide bonds. The minimum absolute atomic E-state index is 0.0805. The van der Waals surface area contributed by atoms with Gasteiger partial charge in [-0.05, 0) is 48.4 Å². The quantitative estimate of drug-likeness (QED) is 0.772. The number of hydrogen-bond acceptors (Lipinski definition) is 2. The van der Waals surface area contributed by atoms with Crippen molar-refractivity contribution < 1.29 is 14.0 Å². The van der Waals surface area contributed by atoms with Crippen molar-refractivity contribution in [1.82, 2.24) is 4.90 Å². The van der Waals surface area contributed by atoms with Crippen molar-refractivity contribution in [2.24, 2.45) is 0 Å². The van der Waals surface area contributed by atoms with E-state index < -0.39 is 0 Å². The van der Waals surface area contributed by atoms with Crippen molar-refractivity contribution >= 4 is 23.1 Å². The molecule has 2 aromatic rings. The fourth-order valence-corrected chi connectivity index (χ4v) is 3.09. The van der Waals surface area contributed by atoms with E-state index in [4.69, 9.17) is 0 Å². The summed E-state index contributed by atoms with van der Waals surface area (Å²) >= 11 is 0. The van der Waals surface area contributed by atoms with Crippen LogP contribution in [0.1, 0.15) is 22.3 Å². The molecule has 0 atom stereocenters. The number of anilines is 1. The summed E-state index contributed by atoms with van der Waals surface area (Å²) in [5.74, 6) is -0.531. The fraction of sp³-hybridized carbons (Fsp3) is 0.182. The molecule has 5 heteroatoms. The summed E-state index contributed by atoms with van der Waals surface area (Å²) in [5, 5.41) is 0. The van der Waals surface area contributed by atoms with E-state index in [-0.39, 0.29) is 17.6 Å². The van der Waals surface area contributed by atoms with E-state index in [0.717, 1.165) is 5.57 Å². The molecule has 2 aromatic carbocycles. The normalized spacial score (nSPS) is 13.7. The molecule has 3 rings (SSSR count). The summed E-state index contributed by atoms with van der Waals surface area (Å²) < 4.78 is 13.9. The zero-order valence-corrected chi connectivity index (χ0v) is 15.2. The van der Waals surface area contributed by atoms with Crippen LogP contribution < -0.4 is 4.90 Å². The van der Waals surface area contributed by atoms with E-state index in [1.807, 2.05) is 12.1 Å². The molecule has 0 saturated heterocycles. The van der Waals surface area contributed by atoms with Gasteiger partial charge in [0.05, 0.1) is 0 Å². The molecule has 27 heavy (non-hydrogen) atoms. The zero-order chi connectivity index (χ0) is 19.4. The second-order valence-corrected chi connectivity index (χ2v) is 6.36. The maximum Gasteiger partial charge on any atom is 0.254 e. The van der Waals surface area contributed by atoms with E-state index in [1.165, 1.54) is 17.0 Å². The van der Waals surface area contributed by atoms with Crippen LogP contribution in [-0.2, 0) is 4.79 Å². The Kier molecular flexibility index (Phi) is 5.50. The smallest absolute Gasteiger partial charge is 0.254 e. The van der Waals surface area contributed by atoms with Gasteiger partial charge in [-0.15, -0.1) is 0 Å². The van der Waals surface area contributed by atoms with Crippen molar-refractivity contribution in [3.05, 3.63) is 84.2 Å². The Labute approximate surface area is 158 Å². The molecule has 0 saturated carbocycles. The van der Waals surface area contributed by atoms with Crippen LogP contribution in [0.3, 0.4) is 0 Å². The largest absolute Gasteiger partial charge is 0.335 e. The van der Waals surface area contributed by atoms with Crippen molar-refractivity contribution in [1.29, 1.82) is 0 Å². The molecule has 0 bridgehead atoms. The summed E-state index contributed by atoms with van der Waals surface area (Å²) in [6.07, 6.45) is 3.76. The Morgan fingerprint density at radius 2 is 1.85 bits per heavy atom. The van der Waals surface area contributed by atoms with Crippen LogP contribution in [0.5, 0.6) is 0 Å². The summed E-state index contributed by atoms with van der Waals surface area (Å²) in [5.41, 5.74) is 2.78. The summed E-state index contributed by atoms with van der Waals surface area (Å²) in [7, 11) is 1.65. The average Bonchev–Trinajstić information content (AvgIpc) is 2.73. The van der Waals surface area contributed by atoms with E-state index in [1.54, 1.807) is 48.3 Å². The molecule has 0 fully saturated rings. The summed E-state index contributed by atoms with van der Waals surface area (Å²) in [6, 6.07) is 13.6. The van der Waals surface area contributed by atoms with Gasteiger partial charge in [-0.3, -0.25) is 9.59 Å². The standard InChI is InChI=1S/C22H21FN2O2/c1-3-21(26)24(2)18-10-8-17(9-11-18)22(27)25-14-12-16(13-15-25)19-6-4-5-7-20(19)23/h3-12H,1,13-15H2,2H3. The molecule has 1 aliphatic heterocycles. The monoisotopic (exact) mass is 364 g/mol. The SMILES string of the molecule is C=CC(=O)N(C)c1ccc(C(=O)N2CC=C(c3ccccc3F)CC2)cc1. The van der Waals surface area contributed by atoms with E-state index in [2.05, 4.69) is 6.58 Å². The molecule has 1 heterocycles. The Morgan fingerprint density at radius 1 is 1.15 bits per heavy atom. The molecular weight excluding hydrogens is 343 g/mol. The predicted octanol–water partition coefficient (Wildman–Crippen LogP) is 3.90. The number of halogens is 1. The van der Waals surface area contributed by atoms with Crippen molar-refractivity contribution in [3.8, 4) is 0 Å². The highest BCUT2D eigenvalue weighted by Crippen LogP contribution is 2.25. The van der Waals surface area contributed by atoms with Crippen molar-refractivity contribution in [2.75, 3.05) is 25.0 Å². The number of nitrogens with zero attached hydrogens (tertiary/aromatic N) is 2. The first-order chi connectivity index (χ1) is 13.0. The maximum absolute atomic E-state index is 13.9. The van der Waals surface area contributed by atoms with E-state index in [0.29, 0.717) is 36.3 Å². The lowest BCUT2D eigenvalue weighted by molar-refractivity contribution is -0.113. The Bertz CT molecular complexity index is 903. The van der Waals surface area contributed by atoms with Crippen LogP contribution >= 0.6 is 0 Å². The van der Waals surface area contributed by atoms with Gasteiger partial charge in [-0.25, -0.2) is 4.39 Å². The minimum Gasteiger partial charge on any atom is -0.335 e. The second kappa shape index (κ2) is 7.99. The number of amides is 2. The fourth-order valence-electron chi connectivity index (χ4n) is 3.09. The maximum atomic E-state index is 13.9. The number of rotatable bonds is 4. The minimum atomic E-state index is -0.239. The first kappa shape index (κ1) is 18.6. The number of likely N-dealkylation sites (N-methyl/N-ethyl adjacent to an activating group) is 1. The Balaban J connectivity index is 1.70. The average molecular weight is 364 g/mol. The lowest BCUT2D eigenvalue weighted by atomic mass is 9.98. The topological polar surface area (TPSA) is 40.6 Å². The van der Waals surface area contributed by atoms with Gasteiger partial charge in [0.15, 0.2) is 0 Å². The van der Waals surface area contributed by atoms with Gasteiger partial charge in [0.2, 0.25) is 5.91 Å². The Hall–Kier alpha value is -3.21. The van der Waals surface area contributed by atoms with Gasteiger partial charge >= 0.3 is 0 Å². The van der Waals surface area contributed by atoms with Crippen LogP contribution in [0, 0.1) is 5.82 Å². The van der Waals surface area contributed by atoms with Crippen LogP contribution in [0.4, 0.5) is 10.1 Å². The highest BCUT2D eigenvalue weighted by atomic mass is 19.1. The second-order valence-electron chi connectivity index (χ2n) is 6.36. The lowest BCUT2D eigenvalue weighted by Gasteiger charge is -2.27. The molecule has 0 radical (unpaired) electrons. The molecule has 1 aliphatic rings. The molecule has 0 N–H and O–H groups in total. The number of hydrogen-bond donors (Lipinski definition) is 0. The van der Waals surface area contributed by atoms with Crippen LogP contribution in [0.25, 0.3) is 5.57 Å². The highest BCUT2D eigenvalue weighted by molar-refractivity contribution is 6.01. The predicted molar refractivity (Wildman–Crippen MR) is 105 cm³/mol. The van der Waals surface area contributed by atoms with Crippen molar-refractivity contribution in [3.63, 3.8) is 0 Å². The van der Waals surface area contributed by atoms with Gasteiger partial charge in [-0.1, -0.05) is 30.9 Å². The molecular formula is C22H21FN2O2. The van der Waals surface area contributed by atoms with Gasteiger partial charge in [0.25, 0.3) is 5.91 Å². The molecule has 4 nitrogen and oxygen atoms in total. The van der Waals surface area contributed by atoms with Crippen LogP contribution in [-0.4, -0.2) is 36.9 Å². The summed E-state index contributed by atoms with van der Waals surface area (Å²) in [6.45, 7) is 4.45. The zero-order valence-electron chi connectivity index (χ0n) is 15.2. The number of carbonyl (C=O) groups is 2. The van der Waals surface area contributed by atoms with E-state index in [9.17, 15) is 14.0 Å². The van der Waals surface area contributed by atoms with Crippen LogP contribution in [0.15, 0.2) is 67.3 Å². The van der Waals surface area contributed by atoms with Crippen molar-refractivity contribution in [2.45, 2.75) is 6.42 Å². The van der Waals surface area contributed by atoms with Gasteiger partial charge in [0, 0.05) is 37.0 Å². The molecule has 0 aromatic heterocycles. The molecule has 0 spiro atoms. The summed E-state index contributed by atoms with van der Waals surface area (Å²) in [4.78, 5) is 27.6. The highest BCUT2D eigenvalue weighted by Gasteiger charge is 2.20. The van der Waals surface area contributed by atoms with Gasteiger partial charge < -0.3 is 9.80 Å². The molecule has 0 unspecified atom stereocenters. The van der Waals surface area contributed by atoms with Crippen LogP contribution in [0.2, 0.25) is 0 Å².